The van der Waals surface area contributed by atoms with E-state index in [1.165, 1.54) is 18.4 Å². The molecule has 0 N–H and O–H groups in total. The lowest BCUT2D eigenvalue weighted by Gasteiger charge is -2.50. The predicted molar refractivity (Wildman–Crippen MR) is 101 cm³/mol. The van der Waals surface area contributed by atoms with Gasteiger partial charge in [-0.3, -0.25) is 14.5 Å². The summed E-state index contributed by atoms with van der Waals surface area (Å²) in [6, 6.07) is 0.226. The van der Waals surface area contributed by atoms with Crippen molar-refractivity contribution in [2.75, 3.05) is 13.1 Å². The van der Waals surface area contributed by atoms with Gasteiger partial charge in [0.05, 0.1) is 5.92 Å². The second kappa shape index (κ2) is 6.47. The number of ether oxygens (including phenoxy) is 1. The molecule has 2 saturated carbocycles. The fourth-order valence-electron chi connectivity index (χ4n) is 6.23. The van der Waals surface area contributed by atoms with Crippen LogP contribution in [0.25, 0.3) is 0 Å². The Morgan fingerprint density at radius 2 is 2.08 bits per heavy atom. The van der Waals surface area contributed by atoms with Crippen molar-refractivity contribution in [2.24, 2.45) is 29.1 Å². The van der Waals surface area contributed by atoms with E-state index in [0.717, 1.165) is 32.4 Å². The first-order valence-electron chi connectivity index (χ1n) is 10.4. The molecular formula is C22H33NO3. The zero-order valence-corrected chi connectivity index (χ0v) is 16.5. The highest BCUT2D eigenvalue weighted by molar-refractivity contribution is 5.82. The number of hydrogen-bond acceptors (Lipinski definition) is 4. The number of fused-ring (bicyclic) bond motifs is 2. The van der Waals surface area contributed by atoms with Crippen LogP contribution < -0.4 is 0 Å². The van der Waals surface area contributed by atoms with Crippen LogP contribution in [0.1, 0.15) is 59.3 Å². The first-order valence-corrected chi connectivity index (χ1v) is 10.4. The summed E-state index contributed by atoms with van der Waals surface area (Å²) in [7, 11) is 0. The van der Waals surface area contributed by atoms with Crippen molar-refractivity contribution < 1.29 is 14.3 Å². The number of carbonyl (C=O) groups is 2. The third-order valence-electron chi connectivity index (χ3n) is 7.93. The molecule has 2 heterocycles. The summed E-state index contributed by atoms with van der Waals surface area (Å²) in [6.45, 7) is 12.4. The molecule has 0 aromatic rings. The van der Waals surface area contributed by atoms with E-state index >= 15 is 0 Å². The number of allylic oxidation sites excluding steroid dienone is 1. The quantitative estimate of drug-likeness (QED) is 0.558. The molecule has 0 amide bonds. The minimum Gasteiger partial charge on any atom is -0.462 e. The Morgan fingerprint density at radius 1 is 1.31 bits per heavy atom. The number of ketones is 1. The molecule has 7 unspecified atom stereocenters. The van der Waals surface area contributed by atoms with Crippen LogP contribution >= 0.6 is 0 Å². The van der Waals surface area contributed by atoms with Crippen LogP contribution in [0, 0.1) is 29.1 Å². The van der Waals surface area contributed by atoms with Crippen molar-refractivity contribution >= 4 is 11.8 Å². The summed E-state index contributed by atoms with van der Waals surface area (Å²) in [4.78, 5) is 27.1. The maximum absolute atomic E-state index is 12.7. The van der Waals surface area contributed by atoms with E-state index in [2.05, 4.69) is 25.3 Å². The normalized spacial score (nSPS) is 46.7. The monoisotopic (exact) mass is 359 g/mol. The number of hydrogen-bond donors (Lipinski definition) is 0. The topological polar surface area (TPSA) is 46.6 Å². The van der Waals surface area contributed by atoms with Gasteiger partial charge in [-0.05, 0) is 50.4 Å². The van der Waals surface area contributed by atoms with Crippen LogP contribution in [-0.4, -0.2) is 41.9 Å². The van der Waals surface area contributed by atoms with Crippen LogP contribution in [0.5, 0.6) is 0 Å². The molecule has 144 valence electrons. The van der Waals surface area contributed by atoms with E-state index in [-0.39, 0.29) is 35.4 Å². The SMILES string of the molecule is C=C1CCCC2(C)CC3OC(=O)C(CN4CC(C)C(=O)CC4C)C3CC12. The Bertz CT molecular complexity index is 629. The van der Waals surface area contributed by atoms with Crippen molar-refractivity contribution in [2.45, 2.75) is 71.4 Å². The molecule has 0 bridgehead atoms. The number of nitrogens with zero attached hydrogens (tertiary/aromatic N) is 1. The van der Waals surface area contributed by atoms with Gasteiger partial charge in [0.2, 0.25) is 0 Å². The number of piperidine rings is 1. The Morgan fingerprint density at radius 3 is 2.85 bits per heavy atom. The summed E-state index contributed by atoms with van der Waals surface area (Å²) in [5.41, 5.74) is 1.64. The lowest BCUT2D eigenvalue weighted by molar-refractivity contribution is -0.146. The van der Waals surface area contributed by atoms with Crippen molar-refractivity contribution in [1.29, 1.82) is 0 Å². The Kier molecular flexibility index (Phi) is 4.53. The van der Waals surface area contributed by atoms with Crippen molar-refractivity contribution in [3.8, 4) is 0 Å². The maximum Gasteiger partial charge on any atom is 0.310 e. The third-order valence-corrected chi connectivity index (χ3v) is 7.93. The van der Waals surface area contributed by atoms with E-state index in [1.807, 2.05) is 6.92 Å². The van der Waals surface area contributed by atoms with Gasteiger partial charge in [-0.1, -0.05) is 26.0 Å². The Hall–Kier alpha value is -1.16. The van der Waals surface area contributed by atoms with Crippen molar-refractivity contribution in [3.63, 3.8) is 0 Å². The van der Waals surface area contributed by atoms with E-state index < -0.39 is 0 Å². The highest BCUT2D eigenvalue weighted by atomic mass is 16.6. The van der Waals surface area contributed by atoms with Gasteiger partial charge in [-0.2, -0.15) is 0 Å². The summed E-state index contributed by atoms with van der Waals surface area (Å²) >= 11 is 0. The minimum atomic E-state index is -0.0397. The molecular weight excluding hydrogens is 326 g/mol. The molecule has 4 aliphatic rings. The van der Waals surface area contributed by atoms with Crippen LogP contribution in [0.15, 0.2) is 12.2 Å². The average molecular weight is 360 g/mol. The summed E-state index contributed by atoms with van der Waals surface area (Å²) < 4.78 is 5.89. The summed E-state index contributed by atoms with van der Waals surface area (Å²) in [5.74, 6) is 1.23. The van der Waals surface area contributed by atoms with Crippen LogP contribution in [0.4, 0.5) is 0 Å². The predicted octanol–water partition coefficient (Wildman–Crippen LogP) is 3.60. The van der Waals surface area contributed by atoms with Gasteiger partial charge in [0.15, 0.2) is 0 Å². The van der Waals surface area contributed by atoms with Crippen LogP contribution in [0.3, 0.4) is 0 Å². The van der Waals surface area contributed by atoms with E-state index in [0.29, 0.717) is 24.0 Å². The largest absolute Gasteiger partial charge is 0.462 e. The van der Waals surface area contributed by atoms with E-state index in [9.17, 15) is 9.59 Å². The van der Waals surface area contributed by atoms with Gasteiger partial charge < -0.3 is 4.74 Å². The number of Topliss-reactive ketones (excluding diaryl/α,β-unsaturated/α-hetero) is 1. The van der Waals surface area contributed by atoms with Crippen LogP contribution in [-0.2, 0) is 14.3 Å². The van der Waals surface area contributed by atoms with E-state index in [1.54, 1.807) is 0 Å². The lowest BCUT2D eigenvalue weighted by Crippen LogP contribution is -2.50. The van der Waals surface area contributed by atoms with Gasteiger partial charge >= 0.3 is 5.97 Å². The second-order valence-corrected chi connectivity index (χ2v) is 9.78. The molecule has 0 spiro atoms. The molecule has 4 heteroatoms. The molecule has 0 aromatic heterocycles. The molecule has 2 aliphatic heterocycles. The number of likely N-dealkylation sites (tertiary alicyclic amines) is 1. The number of carbonyl (C=O) groups excluding carboxylic acids is 2. The maximum atomic E-state index is 12.7. The van der Waals surface area contributed by atoms with Gasteiger partial charge in [0.1, 0.15) is 11.9 Å². The first kappa shape index (κ1) is 18.2. The average Bonchev–Trinajstić information content (AvgIpc) is 2.85. The molecule has 4 rings (SSSR count). The van der Waals surface area contributed by atoms with Crippen molar-refractivity contribution in [1.82, 2.24) is 4.90 Å². The standard InChI is InChI=1S/C22H33NO3/c1-13-6-5-7-22(4)10-20-16(9-18(13)22)17(21(25)26-20)12-23-11-14(2)19(24)8-15(23)3/h14-18,20H,1,5-12H2,2-4H3. The van der Waals surface area contributed by atoms with Crippen molar-refractivity contribution in [3.05, 3.63) is 12.2 Å². The van der Waals surface area contributed by atoms with Gasteiger partial charge in [-0.15, -0.1) is 0 Å². The molecule has 2 aliphatic carbocycles. The fourth-order valence-corrected chi connectivity index (χ4v) is 6.23. The Balaban J connectivity index is 1.51. The third kappa shape index (κ3) is 2.94. The smallest absolute Gasteiger partial charge is 0.310 e. The highest BCUT2D eigenvalue weighted by Crippen LogP contribution is 2.57. The zero-order valence-electron chi connectivity index (χ0n) is 16.5. The Labute approximate surface area is 157 Å². The second-order valence-electron chi connectivity index (χ2n) is 9.78. The molecule has 0 aromatic carbocycles. The van der Waals surface area contributed by atoms with Gasteiger partial charge in [0.25, 0.3) is 0 Å². The van der Waals surface area contributed by atoms with Gasteiger partial charge in [-0.25, -0.2) is 0 Å². The summed E-state index contributed by atoms with van der Waals surface area (Å²) in [5, 5.41) is 0. The fraction of sp³-hybridized carbons (Fsp3) is 0.818. The molecule has 7 atom stereocenters. The first-order chi connectivity index (χ1) is 12.3. The van der Waals surface area contributed by atoms with Gasteiger partial charge in [0, 0.05) is 37.4 Å². The number of rotatable bonds is 2. The lowest BCUT2D eigenvalue weighted by atomic mass is 9.55. The molecule has 0 radical (unpaired) electrons. The minimum absolute atomic E-state index is 0.00962. The molecule has 26 heavy (non-hydrogen) atoms. The number of esters is 1. The van der Waals surface area contributed by atoms with Crippen LogP contribution in [0.2, 0.25) is 0 Å². The summed E-state index contributed by atoms with van der Waals surface area (Å²) in [6.07, 6.45) is 6.32. The molecule has 4 nitrogen and oxygen atoms in total. The molecule has 4 fully saturated rings. The van der Waals surface area contributed by atoms with E-state index in [4.69, 9.17) is 4.74 Å². The molecule has 2 saturated heterocycles. The zero-order chi connectivity index (χ0) is 18.6. The highest BCUT2D eigenvalue weighted by Gasteiger charge is 2.55.